The number of hydrogen-bond acceptors (Lipinski definition) is 27. The Kier molecular flexibility index (Phi) is 49.7. The summed E-state index contributed by atoms with van der Waals surface area (Å²) in [6.07, 6.45) is -10.0. The number of nitrogens with two attached hydrogens (primary N) is 1. The number of hydrogen-bond donors (Lipinski definition) is 15. The Morgan fingerprint density at radius 3 is 0.641 bits per heavy atom. The highest BCUT2D eigenvalue weighted by Gasteiger charge is 2.32. The van der Waals surface area contributed by atoms with Crippen molar-refractivity contribution >= 4 is 107 Å². The lowest BCUT2D eigenvalue weighted by Crippen LogP contribution is -2.46. The molecular formula is C61H97N9O33. The number of carbonyl (C=O) groups is 18. The molecule has 16 N–H and O–H groups in total. The van der Waals surface area contributed by atoms with Gasteiger partial charge in [-0.2, -0.15) is 0 Å². The number of nitrogens with one attached hydrogen (secondary N) is 8. The first-order valence-electron chi connectivity index (χ1n) is 32.4. The van der Waals surface area contributed by atoms with Gasteiger partial charge >= 0.3 is 53.7 Å². The third-order valence-electron chi connectivity index (χ3n) is 14.3. The Labute approximate surface area is 590 Å². The molecular weight excluding hydrogens is 1390 g/mol. The van der Waals surface area contributed by atoms with E-state index < -0.39 is 258 Å². The second-order valence-electron chi connectivity index (χ2n) is 22.5. The second-order valence-corrected chi connectivity index (χ2v) is 22.5. The van der Waals surface area contributed by atoms with Crippen LogP contribution < -0.4 is 48.3 Å². The average Bonchev–Trinajstić information content (AvgIpc) is 0.914. The molecule has 103 heavy (non-hydrogen) atoms. The van der Waals surface area contributed by atoms with E-state index in [-0.39, 0.29) is 98.4 Å². The average molecular weight is 1480 g/mol. The van der Waals surface area contributed by atoms with Crippen molar-refractivity contribution in [1.82, 2.24) is 42.5 Å². The van der Waals surface area contributed by atoms with Crippen LogP contribution in [0.3, 0.4) is 0 Å². The van der Waals surface area contributed by atoms with Gasteiger partial charge in [0.15, 0.2) is 0 Å². The first-order chi connectivity index (χ1) is 48.7. The van der Waals surface area contributed by atoms with E-state index in [4.69, 9.17) is 53.5 Å². The van der Waals surface area contributed by atoms with E-state index in [1.54, 1.807) is 0 Å². The van der Waals surface area contributed by atoms with Gasteiger partial charge in [0.05, 0.1) is 65.4 Å². The van der Waals surface area contributed by atoms with Crippen LogP contribution in [0.4, 0.5) is 0 Å². The number of carboxylic acids is 6. The van der Waals surface area contributed by atoms with Crippen LogP contribution in [0.1, 0.15) is 122 Å². The molecule has 0 aliphatic carbocycles. The van der Waals surface area contributed by atoms with E-state index in [0.29, 0.717) is 0 Å². The SMILES string of the molecule is COCCOCCOC(=O)C(CCC(N)=O)NC(=O)CCC(NC(=O)CCC(NC(=O)CCC(NC(=O)CCC(NC(=O)CCC(NC(=O)CCC(NC(=O)CCC(NC(=O)CCC(C)C(=O)O)C(=O)O)C(=O)OCCOCCOC)C(=O)O)C(=O)O)C(=O)OCCOCCOC)C(=O)O)C(=O)O. The first kappa shape index (κ1) is 93.2. The summed E-state index contributed by atoms with van der Waals surface area (Å²) in [4.78, 5) is 226. The van der Waals surface area contributed by atoms with Crippen molar-refractivity contribution in [2.45, 2.75) is 171 Å². The second kappa shape index (κ2) is 54.9. The highest BCUT2D eigenvalue weighted by molar-refractivity contribution is 5.91. The molecule has 0 aliphatic heterocycles. The molecule has 42 heteroatoms. The fraction of sp³-hybridized carbons (Fsp3) is 0.705. The molecule has 0 aromatic rings. The van der Waals surface area contributed by atoms with Crippen LogP contribution in [0.2, 0.25) is 0 Å². The van der Waals surface area contributed by atoms with E-state index in [0.717, 1.165) is 0 Å². The van der Waals surface area contributed by atoms with Crippen molar-refractivity contribution in [2.24, 2.45) is 11.7 Å². The first-order valence-corrected chi connectivity index (χ1v) is 32.4. The fourth-order valence-corrected chi connectivity index (χ4v) is 8.49. The molecule has 0 saturated carbocycles. The minimum Gasteiger partial charge on any atom is -0.481 e. The molecule has 42 nitrogen and oxygen atoms in total. The maximum Gasteiger partial charge on any atom is 0.328 e. The van der Waals surface area contributed by atoms with Crippen LogP contribution >= 0.6 is 0 Å². The number of amides is 9. The van der Waals surface area contributed by atoms with Crippen molar-refractivity contribution in [1.29, 1.82) is 0 Å². The predicted molar refractivity (Wildman–Crippen MR) is 344 cm³/mol. The van der Waals surface area contributed by atoms with E-state index in [1.807, 2.05) is 0 Å². The van der Waals surface area contributed by atoms with Gasteiger partial charge in [-0.1, -0.05) is 6.92 Å². The maximum absolute atomic E-state index is 13.3. The molecule has 0 aromatic carbocycles. The van der Waals surface area contributed by atoms with E-state index in [9.17, 15) is 112 Å². The minimum atomic E-state index is -1.84. The van der Waals surface area contributed by atoms with Crippen molar-refractivity contribution in [2.75, 3.05) is 101 Å². The van der Waals surface area contributed by atoms with Gasteiger partial charge in [-0.3, -0.25) is 47.9 Å². The van der Waals surface area contributed by atoms with Gasteiger partial charge in [0.25, 0.3) is 0 Å². The van der Waals surface area contributed by atoms with E-state index in [1.165, 1.54) is 28.3 Å². The highest BCUT2D eigenvalue weighted by atomic mass is 16.6. The van der Waals surface area contributed by atoms with Crippen LogP contribution in [0.25, 0.3) is 0 Å². The van der Waals surface area contributed by atoms with E-state index in [2.05, 4.69) is 42.5 Å². The van der Waals surface area contributed by atoms with Crippen molar-refractivity contribution < 1.29 is 160 Å². The van der Waals surface area contributed by atoms with Gasteiger partial charge in [0, 0.05) is 79.1 Å². The molecule has 0 heterocycles. The van der Waals surface area contributed by atoms with Crippen molar-refractivity contribution in [3.05, 3.63) is 0 Å². The zero-order valence-corrected chi connectivity index (χ0v) is 57.7. The number of carbonyl (C=O) groups excluding carboxylic acids is 12. The number of aliphatic carboxylic acids is 6. The summed E-state index contributed by atoms with van der Waals surface area (Å²) >= 11 is 0. The molecule has 584 valence electrons. The van der Waals surface area contributed by atoms with Gasteiger partial charge in [-0.15, -0.1) is 0 Å². The third kappa shape index (κ3) is 46.4. The number of ether oxygens (including phenoxy) is 9. The fourth-order valence-electron chi connectivity index (χ4n) is 8.49. The normalized spacial score (nSPS) is 13.5. The number of esters is 3. The quantitative estimate of drug-likeness (QED) is 0.0154. The lowest BCUT2D eigenvalue weighted by molar-refractivity contribution is -0.150. The molecule has 0 aliphatic rings. The molecule has 0 aromatic heterocycles. The number of primary amides is 1. The largest absolute Gasteiger partial charge is 0.481 e. The van der Waals surface area contributed by atoms with Gasteiger partial charge < -0.3 is 122 Å². The summed E-state index contributed by atoms with van der Waals surface area (Å²) in [6.45, 7) is 1.11. The van der Waals surface area contributed by atoms with Crippen LogP contribution in [0.15, 0.2) is 0 Å². The zero-order chi connectivity index (χ0) is 77.8. The van der Waals surface area contributed by atoms with Crippen LogP contribution in [0, 0.1) is 5.92 Å². The molecule has 0 bridgehead atoms. The van der Waals surface area contributed by atoms with Gasteiger partial charge in [-0.25, -0.2) is 38.4 Å². The molecule has 9 unspecified atom stereocenters. The summed E-state index contributed by atoms with van der Waals surface area (Å²) in [6, 6.07) is -13.5. The smallest absolute Gasteiger partial charge is 0.328 e. The Balaban J connectivity index is 5.89. The summed E-state index contributed by atoms with van der Waals surface area (Å²) in [7, 11) is 4.26. The maximum atomic E-state index is 13.3. The molecule has 0 rings (SSSR count). The third-order valence-corrected chi connectivity index (χ3v) is 14.3. The molecule has 9 amide bonds. The summed E-state index contributed by atoms with van der Waals surface area (Å²) in [5.74, 6) is -22.2. The van der Waals surface area contributed by atoms with Crippen molar-refractivity contribution in [3.63, 3.8) is 0 Å². The van der Waals surface area contributed by atoms with Crippen LogP contribution in [0.5, 0.6) is 0 Å². The van der Waals surface area contributed by atoms with Crippen LogP contribution in [-0.4, -0.2) is 286 Å². The molecule has 0 radical (unpaired) electrons. The van der Waals surface area contributed by atoms with Crippen molar-refractivity contribution in [3.8, 4) is 0 Å². The summed E-state index contributed by atoms with van der Waals surface area (Å²) < 4.78 is 45.7. The Bertz CT molecular complexity index is 2790. The molecule has 9 atom stereocenters. The van der Waals surface area contributed by atoms with Crippen LogP contribution in [-0.2, 0) is 129 Å². The molecule has 0 saturated heterocycles. The number of rotatable bonds is 62. The molecule has 0 spiro atoms. The van der Waals surface area contributed by atoms with E-state index >= 15 is 0 Å². The minimum absolute atomic E-state index is 0.0255. The van der Waals surface area contributed by atoms with Gasteiger partial charge in [-0.05, 0) is 57.8 Å². The number of methoxy groups -OCH3 is 3. The Morgan fingerprint density at radius 2 is 0.447 bits per heavy atom. The van der Waals surface area contributed by atoms with Gasteiger partial charge in [0.1, 0.15) is 68.2 Å². The highest BCUT2D eigenvalue weighted by Crippen LogP contribution is 2.12. The lowest BCUT2D eigenvalue weighted by atomic mass is 10.0. The number of carboxylic acid groups (broad SMARTS) is 6. The lowest BCUT2D eigenvalue weighted by Gasteiger charge is -2.20. The summed E-state index contributed by atoms with van der Waals surface area (Å²) in [5, 5.41) is 75.9. The summed E-state index contributed by atoms with van der Waals surface area (Å²) in [5.41, 5.74) is 5.19. The Hall–Kier alpha value is -9.78. The Morgan fingerprint density at radius 1 is 0.262 bits per heavy atom. The van der Waals surface area contributed by atoms with Gasteiger partial charge in [0.2, 0.25) is 53.2 Å². The zero-order valence-electron chi connectivity index (χ0n) is 57.7. The topological polar surface area (TPSA) is 634 Å². The molecule has 0 fully saturated rings. The predicted octanol–water partition coefficient (Wildman–Crippen LogP) is -4.87. The standard InChI is InChI=1S/C61H97N9O33/c1-35(53(80)81)5-15-45(72)63-36(54(82)83)9-19-51(78)69-42(60(93)102-33-30-99-27-24-96-3)12-21-48(75)67-38(56(86)87)8-17-47(74)65-40(58(90)91)11-20-52(79)70-43(61(94)103-34-31-100-28-25-97-4)13-22-49(76)66-37(55(84)85)7-16-46(73)64-39(57(88)89)10-18-50(77)68-41(6-14-44(62)71)59(92)101-32-29-98-26-23-95-2/h35-43H,5-34H2,1-4H3,(H2,62,71)(H,63,72)(H,64,73)(H,65,74)(H,66,76)(H,67,75)(H,68,77)(H,69,78)(H,70,79)(H,80,81)(H,82,83)(H,84,85)(H,86,87)(H,88,89)(H,90,91). The monoisotopic (exact) mass is 1480 g/mol.